The Morgan fingerprint density at radius 3 is 2.79 bits per heavy atom. The normalized spacial score (nSPS) is 10.1. The minimum Gasteiger partial charge on any atom is -0.465 e. The lowest BCUT2D eigenvalue weighted by molar-refractivity contribution is 0.0595. The number of rotatable bonds is 3. The van der Waals surface area contributed by atoms with Crippen molar-refractivity contribution in [3.05, 3.63) is 52.4 Å². The minimum atomic E-state index is -0.759. The lowest BCUT2D eigenvalue weighted by Gasteiger charge is -2.07. The molecule has 1 heterocycles. The number of nitrogens with zero attached hydrogens (tertiary/aromatic N) is 1. The summed E-state index contributed by atoms with van der Waals surface area (Å²) < 4.78 is 24.0. The van der Waals surface area contributed by atoms with Crippen molar-refractivity contribution < 1.29 is 18.7 Å². The highest BCUT2D eigenvalue weighted by molar-refractivity contribution is 9.10. The Bertz CT molecular complexity index is 619. The zero-order chi connectivity index (χ0) is 13.8. The van der Waals surface area contributed by atoms with Gasteiger partial charge in [-0.05, 0) is 40.2 Å². The molecule has 4 nitrogen and oxygen atoms in total. The van der Waals surface area contributed by atoms with E-state index >= 15 is 0 Å². The van der Waals surface area contributed by atoms with Crippen LogP contribution in [0.5, 0.6) is 11.6 Å². The molecule has 6 heteroatoms. The van der Waals surface area contributed by atoms with Crippen molar-refractivity contribution in [2.45, 2.75) is 0 Å². The molecule has 98 valence electrons. The Morgan fingerprint density at radius 2 is 2.11 bits per heavy atom. The number of hydrogen-bond acceptors (Lipinski definition) is 4. The molecule has 2 aromatic rings. The maximum absolute atomic E-state index is 13.4. The van der Waals surface area contributed by atoms with E-state index in [9.17, 15) is 9.18 Å². The van der Waals surface area contributed by atoms with Crippen LogP contribution in [-0.4, -0.2) is 18.1 Å². The van der Waals surface area contributed by atoms with E-state index in [1.807, 2.05) is 0 Å². The van der Waals surface area contributed by atoms with Gasteiger partial charge in [0.05, 0.1) is 12.7 Å². The van der Waals surface area contributed by atoms with Gasteiger partial charge in [-0.1, -0.05) is 6.07 Å². The van der Waals surface area contributed by atoms with Gasteiger partial charge in [0.25, 0.3) is 0 Å². The molecule has 1 aromatic heterocycles. The molecule has 1 aromatic carbocycles. The van der Waals surface area contributed by atoms with Crippen molar-refractivity contribution in [2.75, 3.05) is 7.11 Å². The van der Waals surface area contributed by atoms with Crippen LogP contribution in [0.1, 0.15) is 10.4 Å². The number of halogens is 2. The first-order valence-electron chi connectivity index (χ1n) is 5.28. The molecule has 0 radical (unpaired) electrons. The molecule has 0 aliphatic rings. The first-order valence-corrected chi connectivity index (χ1v) is 6.07. The number of pyridine rings is 1. The third kappa shape index (κ3) is 3.29. The van der Waals surface area contributed by atoms with Gasteiger partial charge in [-0.3, -0.25) is 0 Å². The van der Waals surface area contributed by atoms with E-state index in [1.54, 1.807) is 18.2 Å². The number of carbonyl (C=O) groups is 1. The molecule has 2 rings (SSSR count). The highest BCUT2D eigenvalue weighted by Crippen LogP contribution is 2.23. The summed E-state index contributed by atoms with van der Waals surface area (Å²) in [6.07, 6.45) is 0. The van der Waals surface area contributed by atoms with Crippen LogP contribution in [-0.2, 0) is 4.74 Å². The Labute approximate surface area is 117 Å². The molecule has 0 amide bonds. The highest BCUT2D eigenvalue weighted by Gasteiger charge is 2.13. The van der Waals surface area contributed by atoms with Crippen LogP contribution < -0.4 is 4.74 Å². The van der Waals surface area contributed by atoms with E-state index in [1.165, 1.54) is 19.2 Å². The molecule has 0 bridgehead atoms. The van der Waals surface area contributed by atoms with Gasteiger partial charge in [0.15, 0.2) is 0 Å². The van der Waals surface area contributed by atoms with Gasteiger partial charge in [0, 0.05) is 6.07 Å². The Balaban J connectivity index is 2.29. The van der Waals surface area contributed by atoms with Gasteiger partial charge in [0.1, 0.15) is 16.2 Å². The zero-order valence-electron chi connectivity index (χ0n) is 9.89. The summed E-state index contributed by atoms with van der Waals surface area (Å²) >= 11 is 3.21. The fourth-order valence-electron chi connectivity index (χ4n) is 1.40. The molecular weight excluding hydrogens is 317 g/mol. The predicted octanol–water partition coefficient (Wildman–Crippen LogP) is 3.56. The van der Waals surface area contributed by atoms with Crippen LogP contribution in [0.3, 0.4) is 0 Å². The average Bonchev–Trinajstić information content (AvgIpc) is 2.40. The van der Waals surface area contributed by atoms with Crippen molar-refractivity contribution in [1.29, 1.82) is 0 Å². The molecule has 19 heavy (non-hydrogen) atoms. The van der Waals surface area contributed by atoms with E-state index < -0.39 is 11.8 Å². The number of carbonyl (C=O) groups excluding carboxylic acids is 1. The molecule has 0 atom stereocenters. The van der Waals surface area contributed by atoms with Crippen LogP contribution in [0, 0.1) is 5.82 Å². The van der Waals surface area contributed by atoms with Crippen molar-refractivity contribution in [3.63, 3.8) is 0 Å². The van der Waals surface area contributed by atoms with Crippen molar-refractivity contribution in [3.8, 4) is 11.6 Å². The molecule has 0 aliphatic carbocycles. The molecular formula is C13H9BrFNO3. The van der Waals surface area contributed by atoms with Gasteiger partial charge in [-0.15, -0.1) is 0 Å². The summed E-state index contributed by atoms with van der Waals surface area (Å²) in [5.74, 6) is -0.796. The van der Waals surface area contributed by atoms with Gasteiger partial charge >= 0.3 is 5.97 Å². The largest absolute Gasteiger partial charge is 0.465 e. The second-order valence-corrected chi connectivity index (χ2v) is 4.35. The van der Waals surface area contributed by atoms with E-state index in [0.717, 1.165) is 6.07 Å². The summed E-state index contributed by atoms with van der Waals surface area (Å²) in [6, 6.07) is 8.95. The summed E-state index contributed by atoms with van der Waals surface area (Å²) in [7, 11) is 1.19. The van der Waals surface area contributed by atoms with Crippen molar-refractivity contribution >= 4 is 21.9 Å². The topological polar surface area (TPSA) is 48.4 Å². The standard InChI is InChI=1S/C13H9BrFNO3/c1-18-13(17)9-7-8(5-6-10(9)15)19-12-4-2-3-11(14)16-12/h2-7H,1H3. The highest BCUT2D eigenvalue weighted by atomic mass is 79.9. The number of esters is 1. The smallest absolute Gasteiger partial charge is 0.340 e. The number of methoxy groups -OCH3 is 1. The summed E-state index contributed by atoms with van der Waals surface area (Å²) in [4.78, 5) is 15.4. The summed E-state index contributed by atoms with van der Waals surface area (Å²) in [6.45, 7) is 0. The lowest BCUT2D eigenvalue weighted by Crippen LogP contribution is -2.04. The monoisotopic (exact) mass is 325 g/mol. The average molecular weight is 326 g/mol. The minimum absolute atomic E-state index is 0.185. The number of benzene rings is 1. The lowest BCUT2D eigenvalue weighted by atomic mass is 10.2. The van der Waals surface area contributed by atoms with E-state index in [2.05, 4.69) is 25.7 Å². The molecule has 0 fully saturated rings. The van der Waals surface area contributed by atoms with Crippen LogP contribution in [0.4, 0.5) is 4.39 Å². The molecule has 0 unspecified atom stereocenters. The second kappa shape index (κ2) is 5.79. The van der Waals surface area contributed by atoms with Gasteiger partial charge in [0.2, 0.25) is 5.88 Å². The molecule has 0 aliphatic heterocycles. The zero-order valence-corrected chi connectivity index (χ0v) is 11.5. The fourth-order valence-corrected chi connectivity index (χ4v) is 1.73. The molecule has 0 saturated carbocycles. The van der Waals surface area contributed by atoms with Gasteiger partial charge in [-0.25, -0.2) is 14.2 Å². The predicted molar refractivity (Wildman–Crippen MR) is 69.8 cm³/mol. The van der Waals surface area contributed by atoms with Gasteiger partial charge in [-0.2, -0.15) is 0 Å². The van der Waals surface area contributed by atoms with Crippen LogP contribution in [0.25, 0.3) is 0 Å². The summed E-state index contributed by atoms with van der Waals surface area (Å²) in [5, 5.41) is 0. The Kier molecular flexibility index (Phi) is 4.11. The number of hydrogen-bond donors (Lipinski definition) is 0. The van der Waals surface area contributed by atoms with E-state index in [0.29, 0.717) is 16.2 Å². The van der Waals surface area contributed by atoms with Crippen LogP contribution in [0.2, 0.25) is 0 Å². The Hall–Kier alpha value is -1.95. The molecule has 0 spiro atoms. The Morgan fingerprint density at radius 1 is 1.32 bits per heavy atom. The number of aromatic nitrogens is 1. The number of ether oxygens (including phenoxy) is 2. The van der Waals surface area contributed by atoms with Gasteiger partial charge < -0.3 is 9.47 Å². The fraction of sp³-hybridized carbons (Fsp3) is 0.0769. The van der Waals surface area contributed by atoms with E-state index in [-0.39, 0.29) is 5.56 Å². The van der Waals surface area contributed by atoms with E-state index in [4.69, 9.17) is 4.74 Å². The molecule has 0 saturated heterocycles. The summed E-state index contributed by atoms with van der Waals surface area (Å²) in [5.41, 5.74) is -0.185. The molecule has 0 N–H and O–H groups in total. The van der Waals surface area contributed by atoms with Crippen molar-refractivity contribution in [1.82, 2.24) is 4.98 Å². The third-order valence-electron chi connectivity index (χ3n) is 2.26. The van der Waals surface area contributed by atoms with Crippen LogP contribution >= 0.6 is 15.9 Å². The first-order chi connectivity index (χ1) is 9.10. The first kappa shape index (κ1) is 13.5. The maximum Gasteiger partial charge on any atom is 0.340 e. The quantitative estimate of drug-likeness (QED) is 0.639. The van der Waals surface area contributed by atoms with Crippen molar-refractivity contribution in [2.24, 2.45) is 0 Å². The van der Waals surface area contributed by atoms with Crippen LogP contribution in [0.15, 0.2) is 41.0 Å². The maximum atomic E-state index is 13.4. The SMILES string of the molecule is COC(=O)c1cc(Oc2cccc(Br)n2)ccc1F. The third-order valence-corrected chi connectivity index (χ3v) is 2.70. The second-order valence-electron chi connectivity index (χ2n) is 3.53.